The maximum atomic E-state index is 8.55. The lowest BCUT2D eigenvalue weighted by atomic mass is 9.91. The van der Waals surface area contributed by atoms with E-state index in [1.807, 2.05) is 0 Å². The minimum absolute atomic E-state index is 0.419. The molecule has 0 spiro atoms. The van der Waals surface area contributed by atoms with Crippen LogP contribution in [-0.2, 0) is 0 Å². The third kappa shape index (κ3) is 5.94. The van der Waals surface area contributed by atoms with Crippen LogP contribution >= 0.6 is 0 Å². The average molecular weight is 154 g/mol. The molecule has 0 bridgehead atoms. The first-order chi connectivity index (χ1) is 5.12. The van der Waals surface area contributed by atoms with Crippen molar-refractivity contribution in [2.45, 2.75) is 26.2 Å². The zero-order chi connectivity index (χ0) is 8.74. The van der Waals surface area contributed by atoms with Crippen molar-refractivity contribution in [1.29, 1.82) is 5.26 Å². The van der Waals surface area contributed by atoms with E-state index in [1.165, 1.54) is 25.8 Å². The fraction of sp³-hybridized carbons (Fsp3) is 0.875. The van der Waals surface area contributed by atoms with Crippen LogP contribution in [0.15, 0.2) is 0 Å². The monoisotopic (exact) mass is 154 g/mol. The van der Waals surface area contributed by atoms with Crippen molar-refractivity contribution in [3.05, 3.63) is 0 Å². The second-order valence-electron chi connectivity index (χ2n) is 4.17. The molecule has 0 aromatic heterocycles. The van der Waals surface area contributed by atoms with Gasteiger partial charge >= 0.3 is 0 Å². The summed E-state index contributed by atoms with van der Waals surface area (Å²) in [5.74, 6) is 2.33. The summed E-state index contributed by atoms with van der Waals surface area (Å²) in [5, 5.41) is 8.55. The van der Waals surface area contributed by atoms with Gasteiger partial charge in [-0.3, -0.25) is 0 Å². The molecule has 0 unspecified atom stereocenters. The molecule has 0 aromatic rings. The van der Waals surface area contributed by atoms with Crippen molar-refractivity contribution in [2.24, 2.45) is 0 Å². The highest BCUT2D eigenvalue weighted by molar-refractivity contribution is 6.36. The molecule has 0 atom stereocenters. The first-order valence-corrected chi connectivity index (χ1v) is 4.59. The molecule has 0 radical (unpaired) electrons. The summed E-state index contributed by atoms with van der Waals surface area (Å²) in [6, 6.07) is 0. The van der Waals surface area contributed by atoms with E-state index in [9.17, 15) is 0 Å². The Balaban J connectivity index is 3.48. The SMILES string of the molecule is CCCCC[N+](C)(C)[BH2-]C#N. The molecule has 3 heteroatoms. The number of hydrogen-bond donors (Lipinski definition) is 0. The Morgan fingerprint density at radius 1 is 1.36 bits per heavy atom. The minimum atomic E-state index is -0.419. The maximum Gasteiger partial charge on any atom is 0.281 e. The number of quaternary nitrogens is 1. The summed E-state index contributed by atoms with van der Waals surface area (Å²) >= 11 is 0. The maximum absolute atomic E-state index is 8.55. The number of unbranched alkanes of at least 4 members (excludes halogenated alkanes) is 2. The normalized spacial score (nSPS) is 11.1. The van der Waals surface area contributed by atoms with Crippen LogP contribution < -0.4 is 0 Å². The van der Waals surface area contributed by atoms with Crippen molar-refractivity contribution < 1.29 is 4.39 Å². The van der Waals surface area contributed by atoms with Crippen LogP contribution in [0.25, 0.3) is 0 Å². The molecule has 0 saturated heterocycles. The number of hydrogen-bond acceptors (Lipinski definition) is 1. The Morgan fingerprint density at radius 3 is 2.45 bits per heavy atom. The predicted molar refractivity (Wildman–Crippen MR) is 50.7 cm³/mol. The zero-order valence-corrected chi connectivity index (χ0v) is 8.22. The third-order valence-corrected chi connectivity index (χ3v) is 2.14. The lowest BCUT2D eigenvalue weighted by molar-refractivity contribution is -0.777. The summed E-state index contributed by atoms with van der Waals surface area (Å²) < 4.78 is 0.969. The van der Waals surface area contributed by atoms with E-state index in [1.54, 1.807) is 0 Å². The lowest BCUT2D eigenvalue weighted by Gasteiger charge is -2.36. The highest BCUT2D eigenvalue weighted by Gasteiger charge is 2.05. The van der Waals surface area contributed by atoms with Crippen molar-refractivity contribution in [3.63, 3.8) is 0 Å². The number of rotatable bonds is 5. The molecule has 0 N–H and O–H groups in total. The molecule has 11 heavy (non-hydrogen) atoms. The van der Waals surface area contributed by atoms with Crippen molar-refractivity contribution >= 4 is 7.41 Å². The van der Waals surface area contributed by atoms with Crippen LogP contribution in [0.2, 0.25) is 0 Å². The summed E-state index contributed by atoms with van der Waals surface area (Å²) in [7, 11) is 3.91. The largest absolute Gasteiger partial charge is 0.513 e. The van der Waals surface area contributed by atoms with E-state index in [0.29, 0.717) is 0 Å². The van der Waals surface area contributed by atoms with E-state index < -0.39 is 7.41 Å². The Hall–Kier alpha value is -0.485. The third-order valence-electron chi connectivity index (χ3n) is 2.14. The van der Waals surface area contributed by atoms with Crippen LogP contribution in [-0.4, -0.2) is 32.4 Å². The van der Waals surface area contributed by atoms with Crippen LogP contribution in [0.1, 0.15) is 26.2 Å². The second kappa shape index (κ2) is 5.20. The van der Waals surface area contributed by atoms with Gasteiger partial charge < -0.3 is 4.39 Å². The van der Waals surface area contributed by atoms with E-state index >= 15 is 0 Å². The second-order valence-corrected chi connectivity index (χ2v) is 4.17. The Kier molecular flexibility index (Phi) is 4.97. The Bertz CT molecular complexity index is 138. The summed E-state index contributed by atoms with van der Waals surface area (Å²) in [6.45, 7) is 3.39. The molecule has 64 valence electrons. The van der Waals surface area contributed by atoms with Gasteiger partial charge in [-0.15, -0.1) is 0 Å². The smallest absolute Gasteiger partial charge is 0.281 e. The summed E-state index contributed by atoms with van der Waals surface area (Å²) in [6.07, 6.45) is 3.85. The standard InChI is InChI=1S/C8H19BN2/c1-4-5-6-7-11(2,3)9-8-10/h4-7,9H2,1-3H3. The molecule has 0 amide bonds. The van der Waals surface area contributed by atoms with Crippen LogP contribution in [0, 0.1) is 11.2 Å². The first kappa shape index (κ1) is 10.5. The fourth-order valence-electron chi connectivity index (χ4n) is 1.22. The Morgan fingerprint density at radius 2 is 2.00 bits per heavy atom. The molecule has 0 aliphatic carbocycles. The molecular weight excluding hydrogens is 135 g/mol. The van der Waals surface area contributed by atoms with Gasteiger partial charge in [0.05, 0.1) is 0 Å². The van der Waals surface area contributed by atoms with Gasteiger partial charge in [-0.2, -0.15) is 0 Å². The van der Waals surface area contributed by atoms with E-state index in [4.69, 9.17) is 5.26 Å². The molecule has 0 aliphatic rings. The van der Waals surface area contributed by atoms with E-state index in [-0.39, 0.29) is 0 Å². The molecule has 0 heterocycles. The number of nitrogens with zero attached hydrogens (tertiary/aromatic N) is 2. The van der Waals surface area contributed by atoms with Crippen LogP contribution in [0.3, 0.4) is 0 Å². The topological polar surface area (TPSA) is 23.8 Å². The highest BCUT2D eigenvalue weighted by Crippen LogP contribution is 2.00. The van der Waals surface area contributed by atoms with Gasteiger partial charge in [-0.05, 0) is 12.8 Å². The van der Waals surface area contributed by atoms with Gasteiger partial charge in [-0.1, -0.05) is 19.3 Å². The molecular formula is C8H19BN2. The van der Waals surface area contributed by atoms with E-state index in [0.717, 1.165) is 4.39 Å². The molecule has 0 saturated carbocycles. The van der Waals surface area contributed by atoms with Gasteiger partial charge in [-0.25, -0.2) is 5.26 Å². The van der Waals surface area contributed by atoms with Gasteiger partial charge in [0.1, 0.15) is 0 Å². The average Bonchev–Trinajstić information content (AvgIpc) is 1.87. The molecule has 0 aliphatic heterocycles. The quantitative estimate of drug-likeness (QED) is 0.424. The van der Waals surface area contributed by atoms with Crippen LogP contribution in [0.4, 0.5) is 0 Å². The van der Waals surface area contributed by atoms with Gasteiger partial charge in [0, 0.05) is 20.6 Å². The summed E-state index contributed by atoms with van der Waals surface area (Å²) in [5.41, 5.74) is 0. The van der Waals surface area contributed by atoms with Gasteiger partial charge in [0.15, 0.2) is 0 Å². The lowest BCUT2D eigenvalue weighted by Crippen LogP contribution is -2.43. The Labute approximate surface area is 70.7 Å². The van der Waals surface area contributed by atoms with Crippen molar-refractivity contribution in [1.82, 2.24) is 0 Å². The minimum Gasteiger partial charge on any atom is -0.513 e. The number of nitriles is 1. The van der Waals surface area contributed by atoms with E-state index in [2.05, 4.69) is 27.0 Å². The van der Waals surface area contributed by atoms with Gasteiger partial charge in [0.25, 0.3) is 7.41 Å². The fourth-order valence-corrected chi connectivity index (χ4v) is 1.22. The van der Waals surface area contributed by atoms with Crippen molar-refractivity contribution in [3.8, 4) is 5.97 Å². The molecule has 0 fully saturated rings. The molecule has 0 rings (SSSR count). The zero-order valence-electron chi connectivity index (χ0n) is 8.22. The predicted octanol–water partition coefficient (Wildman–Crippen LogP) is 0.818. The molecule has 0 aromatic carbocycles. The summed E-state index contributed by atoms with van der Waals surface area (Å²) in [4.78, 5) is 0. The molecule has 2 nitrogen and oxygen atoms in total. The highest BCUT2D eigenvalue weighted by atomic mass is 15.2. The van der Waals surface area contributed by atoms with Gasteiger partial charge in [0.2, 0.25) is 0 Å². The van der Waals surface area contributed by atoms with Crippen LogP contribution in [0.5, 0.6) is 0 Å². The first-order valence-electron chi connectivity index (χ1n) is 4.59. The van der Waals surface area contributed by atoms with Crippen molar-refractivity contribution in [2.75, 3.05) is 20.6 Å².